The summed E-state index contributed by atoms with van der Waals surface area (Å²) < 4.78 is 49.4. The summed E-state index contributed by atoms with van der Waals surface area (Å²) in [6.07, 6.45) is 1.89. The molecule has 0 amide bonds. The van der Waals surface area contributed by atoms with E-state index in [1.54, 1.807) is 6.07 Å². The SMILES string of the molecule is Nc1c2c(-c3cccc(F)c3F)nc(NCC3CCCO3)nc2nn1-c1cccc(F)c1. The third-order valence-electron chi connectivity index (χ3n) is 5.34. The van der Waals surface area contributed by atoms with Crippen LogP contribution in [0.25, 0.3) is 28.0 Å². The van der Waals surface area contributed by atoms with Crippen LogP contribution in [0.15, 0.2) is 42.5 Å². The van der Waals surface area contributed by atoms with E-state index >= 15 is 0 Å². The minimum absolute atomic E-state index is 0.0126. The van der Waals surface area contributed by atoms with Gasteiger partial charge in [0.1, 0.15) is 11.6 Å². The highest BCUT2D eigenvalue weighted by Crippen LogP contribution is 2.34. The fraction of sp³-hybridized carbons (Fsp3) is 0.227. The molecule has 0 radical (unpaired) electrons. The van der Waals surface area contributed by atoms with Gasteiger partial charge in [-0.1, -0.05) is 12.1 Å². The lowest BCUT2D eigenvalue weighted by molar-refractivity contribution is 0.120. The van der Waals surface area contributed by atoms with E-state index in [-0.39, 0.29) is 40.2 Å². The Bertz CT molecular complexity index is 1300. The van der Waals surface area contributed by atoms with Crippen molar-refractivity contribution in [2.75, 3.05) is 24.2 Å². The normalized spacial score (nSPS) is 16.0. The van der Waals surface area contributed by atoms with E-state index in [1.807, 2.05) is 0 Å². The zero-order valence-corrected chi connectivity index (χ0v) is 16.9. The lowest BCUT2D eigenvalue weighted by Crippen LogP contribution is -2.19. The van der Waals surface area contributed by atoms with Crippen molar-refractivity contribution in [1.82, 2.24) is 19.7 Å². The minimum Gasteiger partial charge on any atom is -0.383 e. The number of anilines is 2. The second-order valence-corrected chi connectivity index (χ2v) is 7.49. The van der Waals surface area contributed by atoms with E-state index in [4.69, 9.17) is 10.5 Å². The van der Waals surface area contributed by atoms with Gasteiger partial charge in [-0.25, -0.2) is 22.8 Å². The molecule has 2 aromatic carbocycles. The van der Waals surface area contributed by atoms with Crippen molar-refractivity contribution in [3.05, 3.63) is 59.9 Å². The summed E-state index contributed by atoms with van der Waals surface area (Å²) in [7, 11) is 0. The van der Waals surface area contributed by atoms with E-state index in [1.165, 1.54) is 35.0 Å². The number of hydrogen-bond acceptors (Lipinski definition) is 6. The van der Waals surface area contributed by atoms with Crippen LogP contribution in [0.2, 0.25) is 0 Å². The molecule has 1 unspecified atom stereocenters. The lowest BCUT2D eigenvalue weighted by atomic mass is 10.1. The van der Waals surface area contributed by atoms with Crippen LogP contribution in [0.4, 0.5) is 24.9 Å². The average molecular weight is 440 g/mol. The lowest BCUT2D eigenvalue weighted by Gasteiger charge is -2.12. The summed E-state index contributed by atoms with van der Waals surface area (Å²) in [5.41, 5.74) is 6.84. The third-order valence-corrected chi connectivity index (χ3v) is 5.34. The number of fused-ring (bicyclic) bond motifs is 1. The number of rotatable bonds is 5. The predicted molar refractivity (Wildman–Crippen MR) is 114 cm³/mol. The number of aromatic nitrogens is 4. The van der Waals surface area contributed by atoms with E-state index in [0.717, 1.165) is 18.9 Å². The van der Waals surface area contributed by atoms with Crippen LogP contribution in [0.1, 0.15) is 12.8 Å². The van der Waals surface area contributed by atoms with Crippen molar-refractivity contribution in [3.63, 3.8) is 0 Å². The van der Waals surface area contributed by atoms with E-state index in [2.05, 4.69) is 20.4 Å². The molecule has 32 heavy (non-hydrogen) atoms. The monoisotopic (exact) mass is 440 g/mol. The number of benzene rings is 2. The summed E-state index contributed by atoms with van der Waals surface area (Å²) in [5, 5.41) is 7.71. The second-order valence-electron chi connectivity index (χ2n) is 7.49. The van der Waals surface area contributed by atoms with Gasteiger partial charge in [0.15, 0.2) is 17.3 Å². The molecule has 164 valence electrons. The first-order valence-electron chi connectivity index (χ1n) is 10.1. The highest BCUT2D eigenvalue weighted by atomic mass is 19.2. The van der Waals surface area contributed by atoms with Crippen LogP contribution in [-0.4, -0.2) is 39.0 Å². The smallest absolute Gasteiger partial charge is 0.225 e. The van der Waals surface area contributed by atoms with Gasteiger partial charge in [0.05, 0.1) is 22.9 Å². The Balaban J connectivity index is 1.68. The van der Waals surface area contributed by atoms with Gasteiger partial charge in [0.25, 0.3) is 0 Å². The first-order valence-corrected chi connectivity index (χ1v) is 10.1. The Hall–Kier alpha value is -3.66. The van der Waals surface area contributed by atoms with Gasteiger partial charge < -0.3 is 15.8 Å². The third kappa shape index (κ3) is 3.62. The predicted octanol–water partition coefficient (Wildman–Crippen LogP) is 4.07. The summed E-state index contributed by atoms with van der Waals surface area (Å²) in [4.78, 5) is 8.83. The molecular weight excluding hydrogens is 421 g/mol. The van der Waals surface area contributed by atoms with Crippen molar-refractivity contribution in [2.24, 2.45) is 0 Å². The van der Waals surface area contributed by atoms with Crippen LogP contribution in [0.5, 0.6) is 0 Å². The van der Waals surface area contributed by atoms with Crippen LogP contribution in [0, 0.1) is 17.5 Å². The maximum Gasteiger partial charge on any atom is 0.225 e. The molecule has 1 saturated heterocycles. The van der Waals surface area contributed by atoms with Gasteiger partial charge in [0.2, 0.25) is 5.95 Å². The number of halogens is 3. The summed E-state index contributed by atoms with van der Waals surface area (Å²) in [5.74, 6) is -2.29. The molecule has 2 aromatic heterocycles. The van der Waals surface area contributed by atoms with E-state index in [0.29, 0.717) is 18.8 Å². The molecule has 4 aromatic rings. The fourth-order valence-electron chi connectivity index (χ4n) is 3.79. The van der Waals surface area contributed by atoms with Crippen molar-refractivity contribution >= 4 is 22.8 Å². The van der Waals surface area contributed by atoms with E-state index < -0.39 is 17.5 Å². The molecule has 0 spiro atoms. The van der Waals surface area contributed by atoms with Gasteiger partial charge in [-0.2, -0.15) is 4.98 Å². The van der Waals surface area contributed by atoms with E-state index in [9.17, 15) is 13.2 Å². The number of nitrogens with zero attached hydrogens (tertiary/aromatic N) is 4. The Morgan fingerprint density at radius 1 is 1.12 bits per heavy atom. The van der Waals surface area contributed by atoms with Gasteiger partial charge >= 0.3 is 0 Å². The summed E-state index contributed by atoms with van der Waals surface area (Å²) >= 11 is 0. The maximum atomic E-state index is 14.7. The van der Waals surface area contributed by atoms with Crippen molar-refractivity contribution < 1.29 is 17.9 Å². The highest BCUT2D eigenvalue weighted by molar-refractivity contribution is 5.99. The fourth-order valence-corrected chi connectivity index (χ4v) is 3.79. The Kier molecular flexibility index (Phi) is 5.14. The molecule has 5 rings (SSSR count). The van der Waals surface area contributed by atoms with Crippen molar-refractivity contribution in [2.45, 2.75) is 18.9 Å². The molecule has 10 heteroatoms. The number of nitrogens with one attached hydrogen (secondary N) is 1. The molecule has 0 bridgehead atoms. The first-order chi connectivity index (χ1) is 15.5. The molecule has 0 aliphatic carbocycles. The molecule has 0 saturated carbocycles. The standard InChI is InChI=1S/C22H19F3N6O/c23-12-4-1-5-13(10-12)31-20(26)17-19(15-7-2-8-16(24)18(15)25)28-22(29-21(17)30-31)27-11-14-6-3-9-32-14/h1-2,4-5,7-8,10,14H,3,6,9,11,26H2,(H,27,29,30). The number of nitrogens with two attached hydrogens (primary N) is 1. The molecule has 1 aliphatic rings. The highest BCUT2D eigenvalue weighted by Gasteiger charge is 2.23. The van der Waals surface area contributed by atoms with Gasteiger partial charge in [-0.05, 0) is 43.2 Å². The van der Waals surface area contributed by atoms with Gasteiger partial charge in [0, 0.05) is 18.7 Å². The van der Waals surface area contributed by atoms with Crippen LogP contribution in [-0.2, 0) is 4.74 Å². The largest absolute Gasteiger partial charge is 0.383 e. The second kappa shape index (κ2) is 8.12. The summed E-state index contributed by atoms with van der Waals surface area (Å²) in [6, 6.07) is 9.50. The Morgan fingerprint density at radius 3 is 2.75 bits per heavy atom. The molecule has 3 heterocycles. The molecule has 3 N–H and O–H groups in total. The number of nitrogen functional groups attached to an aromatic ring is 1. The summed E-state index contributed by atoms with van der Waals surface area (Å²) in [6.45, 7) is 1.15. The van der Waals surface area contributed by atoms with Crippen molar-refractivity contribution in [3.8, 4) is 16.9 Å². The zero-order valence-electron chi connectivity index (χ0n) is 16.9. The Morgan fingerprint density at radius 2 is 1.97 bits per heavy atom. The quantitative estimate of drug-likeness (QED) is 0.486. The topological polar surface area (TPSA) is 90.9 Å². The Labute approximate surface area is 181 Å². The minimum atomic E-state index is -1.06. The van der Waals surface area contributed by atoms with Crippen molar-refractivity contribution in [1.29, 1.82) is 0 Å². The molecule has 1 aliphatic heterocycles. The van der Waals surface area contributed by atoms with Crippen LogP contribution in [0.3, 0.4) is 0 Å². The average Bonchev–Trinajstić information content (AvgIpc) is 3.42. The van der Waals surface area contributed by atoms with Crippen LogP contribution >= 0.6 is 0 Å². The van der Waals surface area contributed by atoms with Crippen LogP contribution < -0.4 is 11.1 Å². The zero-order chi connectivity index (χ0) is 22.2. The van der Waals surface area contributed by atoms with Gasteiger partial charge in [-0.15, -0.1) is 5.10 Å². The maximum absolute atomic E-state index is 14.7. The van der Waals surface area contributed by atoms with Gasteiger partial charge in [-0.3, -0.25) is 0 Å². The number of hydrogen-bond donors (Lipinski definition) is 2. The molecule has 1 atom stereocenters. The first kappa shape index (κ1) is 20.3. The molecular formula is C22H19F3N6O. The molecule has 1 fully saturated rings. The number of ether oxygens (including phenoxy) is 1. The molecule has 7 nitrogen and oxygen atoms in total.